The van der Waals surface area contributed by atoms with Crippen LogP contribution in [0.2, 0.25) is 0 Å². The number of nitriles is 1. The zero-order chi connectivity index (χ0) is 12.8. The van der Waals surface area contributed by atoms with Crippen LogP contribution in [0.3, 0.4) is 0 Å². The van der Waals surface area contributed by atoms with Gasteiger partial charge in [-0.15, -0.1) is 0 Å². The molecular weight excluding hydrogens is 212 g/mol. The van der Waals surface area contributed by atoms with E-state index in [1.165, 1.54) is 0 Å². The number of aromatic hydroxyl groups is 1. The van der Waals surface area contributed by atoms with E-state index in [2.05, 4.69) is 18.3 Å². The summed E-state index contributed by atoms with van der Waals surface area (Å²) in [4.78, 5) is 0. The molecule has 3 heteroatoms. The Morgan fingerprint density at radius 1 is 1.47 bits per heavy atom. The number of phenols is 1. The molecule has 0 amide bonds. The molecule has 1 aromatic rings. The van der Waals surface area contributed by atoms with E-state index < -0.39 is 0 Å². The molecule has 0 heterocycles. The molecule has 0 bridgehead atoms. The summed E-state index contributed by atoms with van der Waals surface area (Å²) in [5, 5.41) is 21.9. The molecule has 17 heavy (non-hydrogen) atoms. The number of hydrogen-bond donors (Lipinski definition) is 2. The first-order chi connectivity index (χ1) is 8.08. The average molecular weight is 232 g/mol. The minimum Gasteiger partial charge on any atom is -0.508 e. The fourth-order valence-corrected chi connectivity index (χ4v) is 1.89. The first-order valence-corrected chi connectivity index (χ1v) is 6.01. The highest BCUT2D eigenvalue weighted by Crippen LogP contribution is 2.25. The topological polar surface area (TPSA) is 56.0 Å². The van der Waals surface area contributed by atoms with Crippen LogP contribution in [0.5, 0.6) is 5.75 Å². The summed E-state index contributed by atoms with van der Waals surface area (Å²) < 4.78 is 0. The summed E-state index contributed by atoms with van der Waals surface area (Å²) >= 11 is 0. The molecular formula is C14H20N2O. The Bertz CT molecular complexity index is 409. The minimum atomic E-state index is 0.0499. The van der Waals surface area contributed by atoms with Crippen LogP contribution in [0.25, 0.3) is 0 Å². The molecule has 1 aromatic carbocycles. The number of nitrogens with one attached hydrogen (secondary N) is 1. The lowest BCUT2D eigenvalue weighted by molar-refractivity contribution is 0.420. The van der Waals surface area contributed by atoms with Crippen LogP contribution in [0, 0.1) is 18.3 Å². The maximum absolute atomic E-state index is 9.87. The van der Waals surface area contributed by atoms with Gasteiger partial charge < -0.3 is 10.4 Å². The highest BCUT2D eigenvalue weighted by molar-refractivity contribution is 5.37. The zero-order valence-electron chi connectivity index (χ0n) is 10.7. The molecule has 0 aromatic heterocycles. The largest absolute Gasteiger partial charge is 0.508 e. The second-order valence-electron chi connectivity index (χ2n) is 4.42. The molecule has 2 atom stereocenters. The van der Waals surface area contributed by atoms with Crippen molar-refractivity contribution in [3.8, 4) is 11.8 Å². The van der Waals surface area contributed by atoms with E-state index in [-0.39, 0.29) is 12.1 Å². The third kappa shape index (κ3) is 3.76. The second kappa shape index (κ2) is 6.27. The second-order valence-corrected chi connectivity index (χ2v) is 4.42. The number of nitrogens with zero attached hydrogens (tertiary/aromatic N) is 1. The Kier molecular flexibility index (Phi) is 4.99. The van der Waals surface area contributed by atoms with Gasteiger partial charge in [-0.05, 0) is 31.9 Å². The Hall–Kier alpha value is -1.53. The molecule has 0 spiro atoms. The first kappa shape index (κ1) is 13.5. The smallest absolute Gasteiger partial charge is 0.120 e. The van der Waals surface area contributed by atoms with Gasteiger partial charge in [-0.25, -0.2) is 0 Å². The lowest BCUT2D eigenvalue weighted by Gasteiger charge is -2.21. The van der Waals surface area contributed by atoms with Gasteiger partial charge in [-0.3, -0.25) is 0 Å². The van der Waals surface area contributed by atoms with Crippen LogP contribution in [-0.4, -0.2) is 11.1 Å². The van der Waals surface area contributed by atoms with E-state index in [1.807, 2.05) is 26.0 Å². The van der Waals surface area contributed by atoms with E-state index in [0.29, 0.717) is 12.2 Å². The Labute approximate surface area is 103 Å². The number of aryl methyl sites for hydroxylation is 1. The third-order valence-corrected chi connectivity index (χ3v) is 2.97. The van der Waals surface area contributed by atoms with E-state index in [4.69, 9.17) is 5.26 Å². The molecule has 3 nitrogen and oxygen atoms in total. The Morgan fingerprint density at radius 3 is 2.71 bits per heavy atom. The highest BCUT2D eigenvalue weighted by Gasteiger charge is 2.14. The fourth-order valence-electron chi connectivity index (χ4n) is 1.89. The lowest BCUT2D eigenvalue weighted by Crippen LogP contribution is -2.30. The summed E-state index contributed by atoms with van der Waals surface area (Å²) in [6.07, 6.45) is 1.40. The molecule has 0 saturated heterocycles. The van der Waals surface area contributed by atoms with Crippen molar-refractivity contribution in [1.82, 2.24) is 5.32 Å². The molecule has 0 saturated carbocycles. The minimum absolute atomic E-state index is 0.0499. The van der Waals surface area contributed by atoms with E-state index in [1.54, 1.807) is 6.07 Å². The van der Waals surface area contributed by atoms with Crippen molar-refractivity contribution in [2.75, 3.05) is 0 Å². The van der Waals surface area contributed by atoms with Gasteiger partial charge in [0.1, 0.15) is 5.75 Å². The van der Waals surface area contributed by atoms with Crippen LogP contribution < -0.4 is 5.32 Å². The van der Waals surface area contributed by atoms with Crippen molar-refractivity contribution >= 4 is 0 Å². The molecule has 0 aliphatic heterocycles. The predicted octanol–water partition coefficient (Wildman–Crippen LogP) is 3.04. The van der Waals surface area contributed by atoms with E-state index in [0.717, 1.165) is 17.5 Å². The van der Waals surface area contributed by atoms with Gasteiger partial charge in [0.15, 0.2) is 0 Å². The summed E-state index contributed by atoms with van der Waals surface area (Å²) in [6, 6.07) is 8.08. The van der Waals surface area contributed by atoms with Gasteiger partial charge in [0.2, 0.25) is 0 Å². The highest BCUT2D eigenvalue weighted by atomic mass is 16.3. The maximum atomic E-state index is 9.87. The van der Waals surface area contributed by atoms with Gasteiger partial charge in [0.05, 0.1) is 12.5 Å². The van der Waals surface area contributed by atoms with Crippen molar-refractivity contribution in [2.45, 2.75) is 45.7 Å². The number of rotatable bonds is 5. The van der Waals surface area contributed by atoms with Crippen LogP contribution in [0.15, 0.2) is 18.2 Å². The first-order valence-electron chi connectivity index (χ1n) is 6.01. The Morgan fingerprint density at radius 2 is 2.18 bits per heavy atom. The van der Waals surface area contributed by atoms with Crippen LogP contribution in [0.4, 0.5) is 0 Å². The monoisotopic (exact) mass is 232 g/mol. The quantitative estimate of drug-likeness (QED) is 0.820. The third-order valence-electron chi connectivity index (χ3n) is 2.97. The fraction of sp³-hybridized carbons (Fsp3) is 0.500. The van der Waals surface area contributed by atoms with E-state index in [9.17, 15) is 5.11 Å². The molecule has 1 rings (SSSR count). The van der Waals surface area contributed by atoms with Crippen molar-refractivity contribution in [3.63, 3.8) is 0 Å². The van der Waals surface area contributed by atoms with Gasteiger partial charge >= 0.3 is 0 Å². The molecule has 2 N–H and O–H groups in total. The molecule has 2 unspecified atom stereocenters. The van der Waals surface area contributed by atoms with Crippen molar-refractivity contribution in [2.24, 2.45) is 0 Å². The van der Waals surface area contributed by atoms with Crippen LogP contribution >= 0.6 is 0 Å². The molecule has 0 aliphatic carbocycles. The van der Waals surface area contributed by atoms with Gasteiger partial charge in [0, 0.05) is 17.6 Å². The summed E-state index contributed by atoms with van der Waals surface area (Å²) in [7, 11) is 0. The van der Waals surface area contributed by atoms with E-state index >= 15 is 0 Å². The van der Waals surface area contributed by atoms with Crippen LogP contribution in [-0.2, 0) is 0 Å². The van der Waals surface area contributed by atoms with Crippen LogP contribution in [0.1, 0.15) is 43.9 Å². The predicted molar refractivity (Wildman–Crippen MR) is 68.7 cm³/mol. The standard InChI is InChI=1S/C14H20N2O/c1-4-12(7-8-15)16-11(3)13-6-5-10(2)9-14(13)17/h5-6,9,11-12,16-17H,4,7H2,1-3H3. The maximum Gasteiger partial charge on any atom is 0.120 e. The summed E-state index contributed by atoms with van der Waals surface area (Å²) in [6.45, 7) is 6.01. The summed E-state index contributed by atoms with van der Waals surface area (Å²) in [5.41, 5.74) is 1.93. The van der Waals surface area contributed by atoms with Gasteiger partial charge in [-0.1, -0.05) is 19.1 Å². The lowest BCUT2D eigenvalue weighted by atomic mass is 10.0. The molecule has 92 valence electrons. The number of benzene rings is 1. The summed E-state index contributed by atoms with van der Waals surface area (Å²) in [5.74, 6) is 0.316. The normalized spacial score (nSPS) is 14.0. The zero-order valence-corrected chi connectivity index (χ0v) is 10.7. The average Bonchev–Trinajstić information content (AvgIpc) is 2.28. The van der Waals surface area contributed by atoms with Gasteiger partial charge in [0.25, 0.3) is 0 Å². The number of phenolic OH excluding ortho intramolecular Hbond substituents is 1. The molecule has 0 radical (unpaired) electrons. The molecule has 0 aliphatic rings. The molecule has 0 fully saturated rings. The SMILES string of the molecule is CCC(CC#N)NC(C)c1ccc(C)cc1O. The Balaban J connectivity index is 2.75. The van der Waals surface area contributed by atoms with Crippen molar-refractivity contribution in [1.29, 1.82) is 5.26 Å². The number of hydrogen-bond acceptors (Lipinski definition) is 3. The van der Waals surface area contributed by atoms with Crippen molar-refractivity contribution in [3.05, 3.63) is 29.3 Å². The van der Waals surface area contributed by atoms with Gasteiger partial charge in [-0.2, -0.15) is 5.26 Å². The van der Waals surface area contributed by atoms with Crippen molar-refractivity contribution < 1.29 is 5.11 Å².